The predicted molar refractivity (Wildman–Crippen MR) is 67.4 cm³/mol. The van der Waals surface area contributed by atoms with Crippen molar-refractivity contribution in [1.29, 1.82) is 0 Å². The molecule has 0 saturated heterocycles. The summed E-state index contributed by atoms with van der Waals surface area (Å²) in [6.45, 7) is 1.96. The van der Waals surface area contributed by atoms with Crippen molar-refractivity contribution in [2.75, 3.05) is 23.1 Å². The zero-order valence-electron chi connectivity index (χ0n) is 9.50. The molecular weight excluding hydrogens is 227 g/mol. The third-order valence-electron chi connectivity index (χ3n) is 2.29. The SMILES string of the molecule is CC(CCS(C)=O)Nc1cccc(F)c1N. The van der Waals surface area contributed by atoms with Crippen LogP contribution in [0.4, 0.5) is 15.8 Å². The van der Waals surface area contributed by atoms with E-state index >= 15 is 0 Å². The number of halogens is 1. The highest BCUT2D eigenvalue weighted by atomic mass is 32.2. The lowest BCUT2D eigenvalue weighted by Crippen LogP contribution is -2.18. The second-order valence-corrected chi connectivity index (χ2v) is 5.37. The number of hydrogen-bond donors (Lipinski definition) is 2. The molecule has 0 amide bonds. The summed E-state index contributed by atoms with van der Waals surface area (Å²) in [5.74, 6) is 0.208. The van der Waals surface area contributed by atoms with Gasteiger partial charge in [-0.25, -0.2) is 4.39 Å². The van der Waals surface area contributed by atoms with E-state index in [9.17, 15) is 8.60 Å². The van der Waals surface area contributed by atoms with Gasteiger partial charge < -0.3 is 11.1 Å². The van der Waals surface area contributed by atoms with Gasteiger partial charge in [0, 0.05) is 28.9 Å². The van der Waals surface area contributed by atoms with E-state index in [1.165, 1.54) is 6.07 Å². The fourth-order valence-corrected chi connectivity index (χ4v) is 2.03. The number of nitrogen functional groups attached to an aromatic ring is 1. The zero-order chi connectivity index (χ0) is 12.1. The summed E-state index contributed by atoms with van der Waals surface area (Å²) in [5.41, 5.74) is 6.31. The summed E-state index contributed by atoms with van der Waals surface area (Å²) in [7, 11) is -0.799. The van der Waals surface area contributed by atoms with Gasteiger partial charge in [-0.3, -0.25) is 4.21 Å². The summed E-state index contributed by atoms with van der Waals surface area (Å²) in [5, 5.41) is 3.11. The minimum atomic E-state index is -0.799. The van der Waals surface area contributed by atoms with E-state index in [1.54, 1.807) is 18.4 Å². The van der Waals surface area contributed by atoms with Crippen LogP contribution in [0.2, 0.25) is 0 Å². The molecule has 2 unspecified atom stereocenters. The molecule has 5 heteroatoms. The molecule has 0 radical (unpaired) electrons. The van der Waals surface area contributed by atoms with Crippen LogP contribution in [0.1, 0.15) is 13.3 Å². The van der Waals surface area contributed by atoms with Crippen LogP contribution in [0.5, 0.6) is 0 Å². The van der Waals surface area contributed by atoms with Crippen molar-refractivity contribution in [1.82, 2.24) is 0 Å². The standard InChI is InChI=1S/C11H17FN2OS/c1-8(6-7-16(2)15)14-10-5-3-4-9(12)11(10)13/h3-5,8,14H,6-7,13H2,1-2H3. The van der Waals surface area contributed by atoms with Crippen molar-refractivity contribution in [3.05, 3.63) is 24.0 Å². The van der Waals surface area contributed by atoms with Crippen LogP contribution in [0.25, 0.3) is 0 Å². The monoisotopic (exact) mass is 244 g/mol. The smallest absolute Gasteiger partial charge is 0.148 e. The number of rotatable bonds is 5. The van der Waals surface area contributed by atoms with Crippen molar-refractivity contribution < 1.29 is 8.60 Å². The normalized spacial score (nSPS) is 14.4. The summed E-state index contributed by atoms with van der Waals surface area (Å²) >= 11 is 0. The Kier molecular flexibility index (Phi) is 4.73. The Balaban J connectivity index is 2.59. The van der Waals surface area contributed by atoms with Crippen molar-refractivity contribution in [2.45, 2.75) is 19.4 Å². The summed E-state index contributed by atoms with van der Waals surface area (Å²) < 4.78 is 24.1. The molecule has 3 nitrogen and oxygen atoms in total. The molecule has 0 fully saturated rings. The molecule has 0 bridgehead atoms. The van der Waals surface area contributed by atoms with E-state index in [0.717, 1.165) is 6.42 Å². The molecule has 1 aromatic rings. The Labute approximate surface area is 97.7 Å². The molecular formula is C11H17FN2OS. The number of nitrogens with two attached hydrogens (primary N) is 1. The van der Waals surface area contributed by atoms with E-state index in [4.69, 9.17) is 5.73 Å². The molecule has 2 atom stereocenters. The van der Waals surface area contributed by atoms with Crippen LogP contribution >= 0.6 is 0 Å². The molecule has 0 heterocycles. The maximum atomic E-state index is 13.1. The third kappa shape index (κ3) is 3.81. The van der Waals surface area contributed by atoms with Crippen LogP contribution in [-0.2, 0) is 10.8 Å². The van der Waals surface area contributed by atoms with Crippen LogP contribution < -0.4 is 11.1 Å². The molecule has 0 aliphatic carbocycles. The molecule has 0 aliphatic heterocycles. The van der Waals surface area contributed by atoms with Gasteiger partial charge in [-0.05, 0) is 25.5 Å². The first kappa shape index (κ1) is 13.0. The minimum absolute atomic E-state index is 0.119. The minimum Gasteiger partial charge on any atom is -0.395 e. The average Bonchev–Trinajstić information content (AvgIpc) is 2.22. The molecule has 0 aromatic heterocycles. The van der Waals surface area contributed by atoms with Crippen LogP contribution in [-0.4, -0.2) is 22.3 Å². The van der Waals surface area contributed by atoms with Crippen LogP contribution in [0.15, 0.2) is 18.2 Å². The molecule has 0 spiro atoms. The first-order valence-corrected chi connectivity index (χ1v) is 6.84. The topological polar surface area (TPSA) is 55.1 Å². The zero-order valence-corrected chi connectivity index (χ0v) is 10.3. The quantitative estimate of drug-likeness (QED) is 0.779. The fourth-order valence-electron chi connectivity index (χ4n) is 1.34. The Morgan fingerprint density at radius 3 is 2.88 bits per heavy atom. The molecule has 1 rings (SSSR count). The van der Waals surface area contributed by atoms with E-state index in [1.807, 2.05) is 6.92 Å². The lowest BCUT2D eigenvalue weighted by atomic mass is 10.2. The Morgan fingerprint density at radius 2 is 2.25 bits per heavy atom. The van der Waals surface area contributed by atoms with E-state index in [2.05, 4.69) is 5.32 Å². The molecule has 0 aliphatic rings. The van der Waals surface area contributed by atoms with Gasteiger partial charge in [0.05, 0.1) is 11.4 Å². The molecule has 16 heavy (non-hydrogen) atoms. The summed E-state index contributed by atoms with van der Waals surface area (Å²) in [4.78, 5) is 0. The highest BCUT2D eigenvalue weighted by Crippen LogP contribution is 2.22. The van der Waals surface area contributed by atoms with Crippen LogP contribution in [0.3, 0.4) is 0 Å². The van der Waals surface area contributed by atoms with Gasteiger partial charge in [0.1, 0.15) is 5.82 Å². The largest absolute Gasteiger partial charge is 0.395 e. The average molecular weight is 244 g/mol. The second-order valence-electron chi connectivity index (χ2n) is 3.81. The Hall–Kier alpha value is -1.10. The number of para-hydroxylation sites is 1. The van der Waals surface area contributed by atoms with E-state index in [-0.39, 0.29) is 11.7 Å². The predicted octanol–water partition coefficient (Wildman–Crippen LogP) is 1.98. The number of hydrogen-bond acceptors (Lipinski definition) is 3. The third-order valence-corrected chi connectivity index (χ3v) is 3.10. The molecule has 3 N–H and O–H groups in total. The van der Waals surface area contributed by atoms with Gasteiger partial charge in [-0.15, -0.1) is 0 Å². The van der Waals surface area contributed by atoms with E-state index < -0.39 is 16.6 Å². The van der Waals surface area contributed by atoms with Gasteiger partial charge in [-0.2, -0.15) is 0 Å². The van der Waals surface area contributed by atoms with Crippen molar-refractivity contribution >= 4 is 22.2 Å². The second kappa shape index (κ2) is 5.84. The van der Waals surface area contributed by atoms with E-state index in [0.29, 0.717) is 11.4 Å². The Bertz CT molecular complexity index is 384. The highest BCUT2D eigenvalue weighted by molar-refractivity contribution is 7.84. The first-order valence-electron chi connectivity index (χ1n) is 5.11. The van der Waals surface area contributed by atoms with Gasteiger partial charge in [0.2, 0.25) is 0 Å². The maximum Gasteiger partial charge on any atom is 0.148 e. The van der Waals surface area contributed by atoms with Gasteiger partial charge in [-0.1, -0.05) is 6.07 Å². The van der Waals surface area contributed by atoms with Crippen molar-refractivity contribution in [3.63, 3.8) is 0 Å². The van der Waals surface area contributed by atoms with Crippen molar-refractivity contribution in [2.24, 2.45) is 0 Å². The summed E-state index contributed by atoms with van der Waals surface area (Å²) in [6, 6.07) is 4.79. The number of anilines is 2. The lowest BCUT2D eigenvalue weighted by Gasteiger charge is -2.16. The van der Waals surface area contributed by atoms with Gasteiger partial charge in [0.25, 0.3) is 0 Å². The number of benzene rings is 1. The van der Waals surface area contributed by atoms with Gasteiger partial charge in [0.15, 0.2) is 0 Å². The highest BCUT2D eigenvalue weighted by Gasteiger charge is 2.08. The van der Waals surface area contributed by atoms with Gasteiger partial charge >= 0.3 is 0 Å². The van der Waals surface area contributed by atoms with Crippen LogP contribution in [0, 0.1) is 5.82 Å². The molecule has 1 aromatic carbocycles. The number of nitrogens with one attached hydrogen (secondary N) is 1. The summed E-state index contributed by atoms with van der Waals surface area (Å²) in [6.07, 6.45) is 2.43. The maximum absolute atomic E-state index is 13.1. The first-order chi connectivity index (χ1) is 7.50. The lowest BCUT2D eigenvalue weighted by molar-refractivity contribution is 0.632. The molecule has 0 saturated carbocycles. The Morgan fingerprint density at radius 1 is 1.56 bits per heavy atom. The van der Waals surface area contributed by atoms with Crippen molar-refractivity contribution in [3.8, 4) is 0 Å². The molecule has 90 valence electrons. The fraction of sp³-hybridized carbons (Fsp3) is 0.455.